The number of carbonyl (C=O) groups excluding carboxylic acids is 1. The lowest BCUT2D eigenvalue weighted by atomic mass is 10.1. The molecule has 0 unspecified atom stereocenters. The molecule has 1 aliphatic heterocycles. The third-order valence-corrected chi connectivity index (χ3v) is 4.00. The van der Waals surface area contributed by atoms with Crippen molar-refractivity contribution in [2.24, 2.45) is 0 Å². The molecule has 126 valence electrons. The summed E-state index contributed by atoms with van der Waals surface area (Å²) in [4.78, 5) is 14.6. The summed E-state index contributed by atoms with van der Waals surface area (Å²) in [5, 5.41) is 6.36. The van der Waals surface area contributed by atoms with Crippen LogP contribution in [0, 0.1) is 0 Å². The van der Waals surface area contributed by atoms with Crippen LogP contribution < -0.4 is 20.3 Å². The van der Waals surface area contributed by atoms with Crippen LogP contribution in [0.2, 0.25) is 0 Å². The number of anilines is 2. The highest BCUT2D eigenvalue weighted by molar-refractivity contribution is 5.95. The Morgan fingerprint density at radius 2 is 2.00 bits per heavy atom. The highest BCUT2D eigenvalue weighted by Gasteiger charge is 2.17. The van der Waals surface area contributed by atoms with Crippen molar-refractivity contribution in [2.75, 3.05) is 36.5 Å². The average molecular weight is 325 g/mol. The molecule has 5 nitrogen and oxygen atoms in total. The third kappa shape index (κ3) is 3.86. The normalized spacial score (nSPS) is 13.8. The second kappa shape index (κ2) is 7.84. The molecule has 2 aromatic carbocycles. The molecule has 24 heavy (non-hydrogen) atoms. The number of amides is 1. The van der Waals surface area contributed by atoms with E-state index in [2.05, 4.69) is 27.7 Å². The fourth-order valence-corrected chi connectivity index (χ4v) is 2.90. The molecule has 0 fully saturated rings. The van der Waals surface area contributed by atoms with Crippen molar-refractivity contribution in [1.82, 2.24) is 5.32 Å². The van der Waals surface area contributed by atoms with Crippen molar-refractivity contribution in [3.05, 3.63) is 54.1 Å². The molecular weight excluding hydrogens is 302 g/mol. The van der Waals surface area contributed by atoms with Crippen LogP contribution in [0.4, 0.5) is 11.4 Å². The van der Waals surface area contributed by atoms with Gasteiger partial charge in [0.05, 0.1) is 18.8 Å². The molecule has 0 aliphatic carbocycles. The lowest BCUT2D eigenvalue weighted by molar-refractivity contribution is -0.115. The van der Waals surface area contributed by atoms with Gasteiger partial charge in [-0.1, -0.05) is 30.3 Å². The van der Waals surface area contributed by atoms with Crippen molar-refractivity contribution >= 4 is 17.3 Å². The monoisotopic (exact) mass is 325 g/mol. The van der Waals surface area contributed by atoms with E-state index in [1.54, 1.807) is 0 Å². The van der Waals surface area contributed by atoms with Gasteiger partial charge >= 0.3 is 0 Å². The number of carbonyl (C=O) groups is 1. The lowest BCUT2D eigenvalue weighted by Crippen LogP contribution is -2.36. The zero-order valence-electron chi connectivity index (χ0n) is 13.9. The number of fused-ring (bicyclic) bond motifs is 1. The van der Waals surface area contributed by atoms with Crippen LogP contribution in [0.3, 0.4) is 0 Å². The number of nitrogens with one attached hydrogen (secondary N) is 2. The molecule has 2 aromatic rings. The van der Waals surface area contributed by atoms with Crippen LogP contribution in [0.25, 0.3) is 0 Å². The molecule has 0 saturated heterocycles. The van der Waals surface area contributed by atoms with Crippen LogP contribution >= 0.6 is 0 Å². The quantitative estimate of drug-likeness (QED) is 0.887. The van der Waals surface area contributed by atoms with Gasteiger partial charge in [0.1, 0.15) is 5.75 Å². The molecule has 0 spiro atoms. The van der Waals surface area contributed by atoms with Gasteiger partial charge in [-0.05, 0) is 30.7 Å². The van der Waals surface area contributed by atoms with E-state index in [-0.39, 0.29) is 5.91 Å². The maximum Gasteiger partial charge on any atom is 0.243 e. The van der Waals surface area contributed by atoms with E-state index in [9.17, 15) is 4.79 Å². The molecule has 1 aliphatic rings. The lowest BCUT2D eigenvalue weighted by Gasteiger charge is -2.24. The van der Waals surface area contributed by atoms with E-state index in [1.807, 2.05) is 43.3 Å². The first-order valence-corrected chi connectivity index (χ1v) is 8.33. The number of hydrogen-bond acceptors (Lipinski definition) is 4. The van der Waals surface area contributed by atoms with Gasteiger partial charge in [0, 0.05) is 25.3 Å². The molecule has 0 aromatic heterocycles. The molecule has 1 amide bonds. The molecule has 3 rings (SSSR count). The van der Waals surface area contributed by atoms with Crippen LogP contribution in [-0.2, 0) is 11.3 Å². The van der Waals surface area contributed by atoms with Crippen molar-refractivity contribution in [3.63, 3.8) is 0 Å². The van der Waals surface area contributed by atoms with Crippen LogP contribution in [0.5, 0.6) is 5.75 Å². The summed E-state index contributed by atoms with van der Waals surface area (Å²) >= 11 is 0. The van der Waals surface area contributed by atoms with Crippen LogP contribution in [0.1, 0.15) is 12.5 Å². The maximum absolute atomic E-state index is 12.5. The summed E-state index contributed by atoms with van der Waals surface area (Å²) in [6.07, 6.45) is 0. The second-order valence-electron chi connectivity index (χ2n) is 5.70. The minimum Gasteiger partial charge on any atom is -0.492 e. The summed E-state index contributed by atoms with van der Waals surface area (Å²) in [5.74, 6) is 0.658. The zero-order chi connectivity index (χ0) is 16.8. The number of ether oxygens (including phenoxy) is 1. The number of para-hydroxylation sites is 3. The first-order valence-electron chi connectivity index (χ1n) is 8.33. The molecule has 2 N–H and O–H groups in total. The Labute approximate surface area is 142 Å². The van der Waals surface area contributed by atoms with Crippen molar-refractivity contribution in [2.45, 2.75) is 13.5 Å². The van der Waals surface area contributed by atoms with Gasteiger partial charge in [-0.3, -0.25) is 4.79 Å². The average Bonchev–Trinajstić information content (AvgIpc) is 2.79. The van der Waals surface area contributed by atoms with E-state index in [4.69, 9.17) is 4.74 Å². The topological polar surface area (TPSA) is 53.6 Å². The first-order chi connectivity index (χ1) is 11.8. The van der Waals surface area contributed by atoms with E-state index in [1.165, 1.54) is 5.56 Å². The van der Waals surface area contributed by atoms with Crippen LogP contribution in [0.15, 0.2) is 48.5 Å². The van der Waals surface area contributed by atoms with E-state index in [0.717, 1.165) is 25.3 Å². The van der Waals surface area contributed by atoms with E-state index >= 15 is 0 Å². The highest BCUT2D eigenvalue weighted by atomic mass is 16.5. The highest BCUT2D eigenvalue weighted by Crippen LogP contribution is 2.25. The Morgan fingerprint density at radius 1 is 1.21 bits per heavy atom. The smallest absolute Gasteiger partial charge is 0.243 e. The number of hydrogen-bond donors (Lipinski definition) is 2. The Balaban J connectivity index is 1.71. The summed E-state index contributed by atoms with van der Waals surface area (Å²) in [6.45, 7) is 5.31. The van der Waals surface area contributed by atoms with Crippen molar-refractivity contribution in [1.29, 1.82) is 0 Å². The van der Waals surface area contributed by atoms with E-state index in [0.29, 0.717) is 24.6 Å². The molecule has 5 heteroatoms. The molecule has 0 radical (unpaired) electrons. The summed E-state index contributed by atoms with van der Waals surface area (Å²) < 4.78 is 5.57. The summed E-state index contributed by atoms with van der Waals surface area (Å²) in [5.41, 5.74) is 3.05. The summed E-state index contributed by atoms with van der Waals surface area (Å²) in [6, 6.07) is 15.7. The van der Waals surface area contributed by atoms with Gasteiger partial charge in [-0.25, -0.2) is 0 Å². The largest absolute Gasteiger partial charge is 0.492 e. The van der Waals surface area contributed by atoms with Gasteiger partial charge < -0.3 is 20.3 Å². The molecule has 0 atom stereocenters. The molecule has 1 heterocycles. The van der Waals surface area contributed by atoms with Crippen LogP contribution in [-0.4, -0.2) is 32.1 Å². The predicted molar refractivity (Wildman–Crippen MR) is 96.6 cm³/mol. The summed E-state index contributed by atoms with van der Waals surface area (Å²) in [7, 11) is 0. The van der Waals surface area contributed by atoms with Gasteiger partial charge in [-0.15, -0.1) is 0 Å². The fraction of sp³-hybridized carbons (Fsp3) is 0.316. The van der Waals surface area contributed by atoms with Gasteiger partial charge in [0.25, 0.3) is 0 Å². The number of rotatable bonds is 5. The Morgan fingerprint density at radius 3 is 2.88 bits per heavy atom. The van der Waals surface area contributed by atoms with Gasteiger partial charge in [0.15, 0.2) is 0 Å². The first kappa shape index (κ1) is 16.3. The standard InChI is InChI=1S/C19H23N3O2/c1-2-24-18-10-6-4-8-16(18)21-19(23)14-22-12-11-20-13-15-7-3-5-9-17(15)22/h3-10,20H,2,11-14H2,1H3,(H,21,23). The minimum absolute atomic E-state index is 0.0427. The van der Waals surface area contributed by atoms with E-state index < -0.39 is 0 Å². The third-order valence-electron chi connectivity index (χ3n) is 4.00. The maximum atomic E-state index is 12.5. The van der Waals surface area contributed by atoms with Gasteiger partial charge in [-0.2, -0.15) is 0 Å². The Kier molecular flexibility index (Phi) is 5.33. The number of nitrogens with zero attached hydrogens (tertiary/aromatic N) is 1. The Bertz CT molecular complexity index is 703. The molecule has 0 saturated carbocycles. The second-order valence-corrected chi connectivity index (χ2v) is 5.70. The fourth-order valence-electron chi connectivity index (χ4n) is 2.90. The van der Waals surface area contributed by atoms with Crippen molar-refractivity contribution in [3.8, 4) is 5.75 Å². The molecular formula is C19H23N3O2. The zero-order valence-corrected chi connectivity index (χ0v) is 13.9. The SMILES string of the molecule is CCOc1ccccc1NC(=O)CN1CCNCc2ccccc21. The minimum atomic E-state index is -0.0427. The molecule has 0 bridgehead atoms. The van der Waals surface area contributed by atoms with Crippen molar-refractivity contribution < 1.29 is 9.53 Å². The Hall–Kier alpha value is -2.53. The number of benzene rings is 2. The van der Waals surface area contributed by atoms with Gasteiger partial charge in [0.2, 0.25) is 5.91 Å². The predicted octanol–water partition coefficient (Wildman–Crippen LogP) is 2.63.